The third-order valence-corrected chi connectivity index (χ3v) is 4.87. The van der Waals surface area contributed by atoms with Crippen LogP contribution in [0.25, 0.3) is 0 Å². The third-order valence-electron chi connectivity index (χ3n) is 4.87. The van der Waals surface area contributed by atoms with E-state index in [0.717, 1.165) is 32.1 Å². The van der Waals surface area contributed by atoms with Gasteiger partial charge in [-0.15, -0.1) is 0 Å². The molecule has 1 aliphatic carbocycles. The zero-order chi connectivity index (χ0) is 14.7. The Bertz CT molecular complexity index is 306. The van der Waals surface area contributed by atoms with Gasteiger partial charge in [-0.2, -0.15) is 0 Å². The second-order valence-corrected chi connectivity index (χ2v) is 7.25. The monoisotopic (exact) mass is 270 g/mol. The summed E-state index contributed by atoms with van der Waals surface area (Å²) in [4.78, 5) is 11.5. The molecule has 2 N–H and O–H groups in total. The molecular weight excluding hydrogens is 240 g/mol. The predicted octanol–water partition coefficient (Wildman–Crippen LogP) is 3.84. The summed E-state index contributed by atoms with van der Waals surface area (Å²) < 4.78 is 0. The highest BCUT2D eigenvalue weighted by atomic mass is 16.4. The molecule has 0 radical (unpaired) electrons. The molecule has 0 bridgehead atoms. The molecule has 3 atom stereocenters. The molecule has 0 saturated heterocycles. The fourth-order valence-electron chi connectivity index (χ4n) is 3.51. The SMILES string of the molecule is CCCC(O)(C(=O)O)C1CCCC(C(C)(C)C)CC1. The Labute approximate surface area is 117 Å². The fraction of sp³-hybridized carbons (Fsp3) is 0.938. The van der Waals surface area contributed by atoms with E-state index >= 15 is 0 Å². The van der Waals surface area contributed by atoms with Gasteiger partial charge in [0, 0.05) is 0 Å². The first-order valence-corrected chi connectivity index (χ1v) is 7.67. The summed E-state index contributed by atoms with van der Waals surface area (Å²) in [6.45, 7) is 8.71. The number of rotatable bonds is 4. The predicted molar refractivity (Wildman–Crippen MR) is 77.0 cm³/mol. The van der Waals surface area contributed by atoms with Crippen molar-refractivity contribution in [2.45, 2.75) is 78.2 Å². The van der Waals surface area contributed by atoms with Crippen LogP contribution in [0, 0.1) is 17.3 Å². The number of carbonyl (C=O) groups is 1. The van der Waals surface area contributed by atoms with Crippen LogP contribution in [0.5, 0.6) is 0 Å². The molecule has 0 aromatic heterocycles. The Morgan fingerprint density at radius 1 is 1.11 bits per heavy atom. The van der Waals surface area contributed by atoms with Crippen molar-refractivity contribution in [2.24, 2.45) is 17.3 Å². The number of aliphatic hydroxyl groups is 1. The largest absolute Gasteiger partial charge is 0.479 e. The first kappa shape index (κ1) is 16.5. The van der Waals surface area contributed by atoms with Gasteiger partial charge in [0.2, 0.25) is 0 Å². The lowest BCUT2D eigenvalue weighted by molar-refractivity contribution is -0.167. The maximum atomic E-state index is 11.5. The highest BCUT2D eigenvalue weighted by molar-refractivity contribution is 5.77. The van der Waals surface area contributed by atoms with Crippen LogP contribution in [0.15, 0.2) is 0 Å². The lowest BCUT2D eigenvalue weighted by atomic mass is 9.75. The summed E-state index contributed by atoms with van der Waals surface area (Å²) in [7, 11) is 0. The van der Waals surface area contributed by atoms with Gasteiger partial charge in [-0.25, -0.2) is 4.79 Å². The average Bonchev–Trinajstić information content (AvgIpc) is 2.53. The molecular formula is C16H30O3. The van der Waals surface area contributed by atoms with Crippen LogP contribution in [-0.4, -0.2) is 21.8 Å². The topological polar surface area (TPSA) is 57.5 Å². The van der Waals surface area contributed by atoms with Crippen molar-refractivity contribution in [3.63, 3.8) is 0 Å². The number of hydrogen-bond donors (Lipinski definition) is 2. The van der Waals surface area contributed by atoms with Gasteiger partial charge in [0.25, 0.3) is 0 Å². The summed E-state index contributed by atoms with van der Waals surface area (Å²) in [5.74, 6) is -0.483. The Morgan fingerprint density at radius 3 is 2.11 bits per heavy atom. The fourth-order valence-corrected chi connectivity index (χ4v) is 3.51. The van der Waals surface area contributed by atoms with E-state index < -0.39 is 11.6 Å². The van der Waals surface area contributed by atoms with Crippen LogP contribution >= 0.6 is 0 Å². The molecule has 1 saturated carbocycles. The molecule has 19 heavy (non-hydrogen) atoms. The average molecular weight is 270 g/mol. The van der Waals surface area contributed by atoms with Gasteiger partial charge in [0.05, 0.1) is 0 Å². The molecule has 1 aliphatic rings. The number of aliphatic carboxylic acids is 1. The van der Waals surface area contributed by atoms with Crippen molar-refractivity contribution in [1.29, 1.82) is 0 Å². The molecule has 0 aromatic carbocycles. The van der Waals surface area contributed by atoms with Gasteiger partial charge in [-0.3, -0.25) is 0 Å². The van der Waals surface area contributed by atoms with Crippen molar-refractivity contribution >= 4 is 5.97 Å². The first-order chi connectivity index (χ1) is 8.71. The minimum absolute atomic E-state index is 0.0858. The zero-order valence-corrected chi connectivity index (χ0v) is 12.9. The first-order valence-electron chi connectivity index (χ1n) is 7.67. The number of carboxylic acids is 1. The number of carboxylic acid groups (broad SMARTS) is 1. The van der Waals surface area contributed by atoms with Crippen molar-refractivity contribution in [2.75, 3.05) is 0 Å². The molecule has 0 heterocycles. The van der Waals surface area contributed by atoms with E-state index in [9.17, 15) is 15.0 Å². The molecule has 0 aromatic rings. The van der Waals surface area contributed by atoms with Crippen LogP contribution in [0.1, 0.15) is 72.6 Å². The molecule has 1 fully saturated rings. The molecule has 3 unspecified atom stereocenters. The van der Waals surface area contributed by atoms with Crippen molar-refractivity contribution < 1.29 is 15.0 Å². The molecule has 1 rings (SSSR count). The number of hydrogen-bond acceptors (Lipinski definition) is 2. The Morgan fingerprint density at radius 2 is 1.63 bits per heavy atom. The maximum Gasteiger partial charge on any atom is 0.335 e. The van der Waals surface area contributed by atoms with Gasteiger partial charge in [-0.1, -0.05) is 40.5 Å². The summed E-state index contributed by atoms with van der Waals surface area (Å²) in [5, 5.41) is 19.9. The normalized spacial score (nSPS) is 28.5. The van der Waals surface area contributed by atoms with Crippen LogP contribution in [0.3, 0.4) is 0 Å². The second kappa shape index (κ2) is 6.25. The van der Waals surface area contributed by atoms with Crippen LogP contribution < -0.4 is 0 Å². The van der Waals surface area contributed by atoms with Crippen LogP contribution in [-0.2, 0) is 4.79 Å². The summed E-state index contributed by atoms with van der Waals surface area (Å²) in [6, 6.07) is 0. The zero-order valence-electron chi connectivity index (χ0n) is 12.9. The molecule has 3 heteroatoms. The van der Waals surface area contributed by atoms with Crippen molar-refractivity contribution in [1.82, 2.24) is 0 Å². The molecule has 3 nitrogen and oxygen atoms in total. The summed E-state index contributed by atoms with van der Waals surface area (Å²) in [6.07, 6.45) is 5.98. The van der Waals surface area contributed by atoms with Crippen molar-refractivity contribution in [3.05, 3.63) is 0 Å². The third kappa shape index (κ3) is 3.95. The quantitative estimate of drug-likeness (QED) is 0.763. The standard InChI is InChI=1S/C16H30O3/c1-5-11-16(19,14(17)18)13-8-6-7-12(9-10-13)15(2,3)4/h12-13,19H,5-11H2,1-4H3,(H,17,18). The van der Waals surface area contributed by atoms with E-state index in [0.29, 0.717) is 18.8 Å². The van der Waals surface area contributed by atoms with E-state index in [1.165, 1.54) is 0 Å². The van der Waals surface area contributed by atoms with E-state index in [1.807, 2.05) is 6.92 Å². The smallest absolute Gasteiger partial charge is 0.335 e. The molecule has 112 valence electrons. The Balaban J connectivity index is 2.78. The summed E-state index contributed by atoms with van der Waals surface area (Å²) >= 11 is 0. The van der Waals surface area contributed by atoms with E-state index in [2.05, 4.69) is 20.8 Å². The van der Waals surface area contributed by atoms with Gasteiger partial charge < -0.3 is 10.2 Å². The highest BCUT2D eigenvalue weighted by Gasteiger charge is 2.44. The van der Waals surface area contributed by atoms with E-state index in [1.54, 1.807) is 0 Å². The van der Waals surface area contributed by atoms with Crippen LogP contribution in [0.4, 0.5) is 0 Å². The molecule has 0 amide bonds. The highest BCUT2D eigenvalue weighted by Crippen LogP contribution is 2.42. The Hall–Kier alpha value is -0.570. The lowest BCUT2D eigenvalue weighted by Crippen LogP contribution is -2.45. The minimum atomic E-state index is -1.51. The van der Waals surface area contributed by atoms with Gasteiger partial charge in [0.15, 0.2) is 5.60 Å². The maximum absolute atomic E-state index is 11.5. The van der Waals surface area contributed by atoms with Gasteiger partial charge >= 0.3 is 5.97 Å². The molecule has 0 aliphatic heterocycles. The van der Waals surface area contributed by atoms with Gasteiger partial charge in [0.1, 0.15) is 0 Å². The van der Waals surface area contributed by atoms with Crippen LogP contribution in [0.2, 0.25) is 0 Å². The molecule has 0 spiro atoms. The summed E-state index contributed by atoms with van der Waals surface area (Å²) in [5.41, 5.74) is -1.23. The second-order valence-electron chi connectivity index (χ2n) is 7.25. The van der Waals surface area contributed by atoms with Crippen molar-refractivity contribution in [3.8, 4) is 0 Å². The van der Waals surface area contributed by atoms with E-state index in [-0.39, 0.29) is 11.3 Å². The van der Waals surface area contributed by atoms with E-state index in [4.69, 9.17) is 0 Å². The van der Waals surface area contributed by atoms with Gasteiger partial charge in [-0.05, 0) is 49.4 Å². The lowest BCUT2D eigenvalue weighted by Gasteiger charge is -2.33. The Kier molecular flexibility index (Phi) is 5.43. The minimum Gasteiger partial charge on any atom is -0.479 e.